The van der Waals surface area contributed by atoms with E-state index in [9.17, 15) is 9.59 Å². The van der Waals surface area contributed by atoms with E-state index in [-0.39, 0.29) is 23.8 Å². The number of hydrogen-bond donors (Lipinski definition) is 3. The molecular formula is C12H24N2O3. The predicted molar refractivity (Wildman–Crippen MR) is 66.8 cm³/mol. The molecule has 0 radical (unpaired) electrons. The van der Waals surface area contributed by atoms with E-state index in [0.717, 1.165) is 0 Å². The predicted octanol–water partition coefficient (Wildman–Crippen LogP) is 0.990. The fourth-order valence-corrected chi connectivity index (χ4v) is 1.31. The minimum absolute atomic E-state index is 0.0372. The Morgan fingerprint density at radius 2 is 1.76 bits per heavy atom. The molecule has 0 aliphatic rings. The van der Waals surface area contributed by atoms with Gasteiger partial charge in [-0.1, -0.05) is 13.8 Å². The third kappa shape index (κ3) is 7.74. The molecule has 0 aromatic heterocycles. The number of rotatable bonds is 6. The highest BCUT2D eigenvalue weighted by atomic mass is 16.4. The summed E-state index contributed by atoms with van der Waals surface area (Å²) in [5, 5.41) is 14.6. The maximum absolute atomic E-state index is 11.5. The second-order valence-electron chi connectivity index (χ2n) is 5.55. The average molecular weight is 244 g/mol. The summed E-state index contributed by atoms with van der Waals surface area (Å²) in [4.78, 5) is 22.4. The van der Waals surface area contributed by atoms with Crippen molar-refractivity contribution in [3.8, 4) is 0 Å². The molecule has 0 rings (SSSR count). The number of carboxylic acids is 1. The van der Waals surface area contributed by atoms with E-state index in [0.29, 0.717) is 6.54 Å². The number of carbonyl (C=O) groups excluding carboxylic acids is 1. The van der Waals surface area contributed by atoms with Crippen molar-refractivity contribution in [1.29, 1.82) is 0 Å². The molecule has 0 fully saturated rings. The second kappa shape index (κ2) is 6.59. The molecule has 0 aliphatic carbocycles. The largest absolute Gasteiger partial charge is 0.480 e. The minimum Gasteiger partial charge on any atom is -0.480 e. The van der Waals surface area contributed by atoms with Crippen molar-refractivity contribution in [1.82, 2.24) is 10.6 Å². The van der Waals surface area contributed by atoms with E-state index in [2.05, 4.69) is 10.6 Å². The Labute approximate surface area is 103 Å². The van der Waals surface area contributed by atoms with Crippen LogP contribution in [0.5, 0.6) is 0 Å². The number of carboxylic acid groups (broad SMARTS) is 1. The lowest BCUT2D eigenvalue weighted by Gasteiger charge is -2.21. The highest BCUT2D eigenvalue weighted by molar-refractivity contribution is 5.83. The van der Waals surface area contributed by atoms with E-state index in [1.54, 1.807) is 13.8 Å². The molecule has 0 heterocycles. The lowest BCUT2D eigenvalue weighted by Crippen LogP contribution is -2.45. The van der Waals surface area contributed by atoms with E-state index in [1.807, 2.05) is 20.8 Å². The minimum atomic E-state index is -0.989. The number of amides is 1. The molecule has 1 atom stereocenters. The third-order valence-corrected chi connectivity index (χ3v) is 2.26. The maximum Gasteiger partial charge on any atom is 0.326 e. The van der Waals surface area contributed by atoms with Gasteiger partial charge in [0.05, 0.1) is 0 Å². The van der Waals surface area contributed by atoms with E-state index in [4.69, 9.17) is 5.11 Å². The number of carbonyl (C=O) groups is 2. The Balaban J connectivity index is 4.04. The Bertz CT molecular complexity index is 269. The van der Waals surface area contributed by atoms with Gasteiger partial charge in [-0.15, -0.1) is 0 Å². The van der Waals surface area contributed by atoms with Crippen molar-refractivity contribution in [2.75, 3.05) is 6.54 Å². The van der Waals surface area contributed by atoms with Crippen molar-refractivity contribution in [2.24, 2.45) is 5.92 Å². The summed E-state index contributed by atoms with van der Waals surface area (Å²) in [5.41, 5.74) is -0.0372. The first-order chi connectivity index (χ1) is 7.63. The van der Waals surface area contributed by atoms with Gasteiger partial charge in [-0.3, -0.25) is 4.79 Å². The highest BCUT2D eigenvalue weighted by Gasteiger charge is 2.23. The van der Waals surface area contributed by atoms with Gasteiger partial charge in [0.1, 0.15) is 6.04 Å². The van der Waals surface area contributed by atoms with E-state index in [1.165, 1.54) is 0 Å². The second-order valence-corrected chi connectivity index (χ2v) is 5.55. The summed E-state index contributed by atoms with van der Waals surface area (Å²) in [6, 6.07) is -0.808. The molecule has 0 bridgehead atoms. The van der Waals surface area contributed by atoms with Crippen LogP contribution >= 0.6 is 0 Å². The van der Waals surface area contributed by atoms with Crippen molar-refractivity contribution in [3.63, 3.8) is 0 Å². The van der Waals surface area contributed by atoms with Crippen LogP contribution in [0.15, 0.2) is 0 Å². The fraction of sp³-hybridized carbons (Fsp3) is 0.833. The summed E-state index contributed by atoms with van der Waals surface area (Å²) < 4.78 is 0. The van der Waals surface area contributed by atoms with Crippen molar-refractivity contribution in [2.45, 2.75) is 52.6 Å². The first-order valence-electron chi connectivity index (χ1n) is 5.90. The monoisotopic (exact) mass is 244 g/mol. The van der Waals surface area contributed by atoms with Crippen LogP contribution < -0.4 is 10.6 Å². The van der Waals surface area contributed by atoms with E-state index >= 15 is 0 Å². The Morgan fingerprint density at radius 3 is 2.12 bits per heavy atom. The molecule has 0 aliphatic heterocycles. The Morgan fingerprint density at radius 1 is 1.24 bits per heavy atom. The quantitative estimate of drug-likeness (QED) is 0.651. The molecular weight excluding hydrogens is 220 g/mol. The first kappa shape index (κ1) is 15.9. The van der Waals surface area contributed by atoms with Gasteiger partial charge >= 0.3 is 5.97 Å². The molecule has 17 heavy (non-hydrogen) atoms. The van der Waals surface area contributed by atoms with Crippen LogP contribution in [0.4, 0.5) is 0 Å². The zero-order valence-corrected chi connectivity index (χ0v) is 11.3. The zero-order chi connectivity index (χ0) is 13.6. The SMILES string of the molecule is CC(C)C(NC(=O)CCNC(C)(C)C)C(=O)O. The third-order valence-electron chi connectivity index (χ3n) is 2.26. The average Bonchev–Trinajstić information content (AvgIpc) is 2.10. The first-order valence-corrected chi connectivity index (χ1v) is 5.90. The lowest BCUT2D eigenvalue weighted by atomic mass is 10.0. The molecule has 1 unspecified atom stereocenters. The van der Waals surface area contributed by atoms with Gasteiger partial charge in [0, 0.05) is 18.5 Å². The molecule has 5 nitrogen and oxygen atoms in total. The van der Waals surface area contributed by atoms with E-state index < -0.39 is 12.0 Å². The van der Waals surface area contributed by atoms with Gasteiger partial charge in [-0.25, -0.2) is 4.79 Å². The van der Waals surface area contributed by atoms with Gasteiger partial charge in [0.2, 0.25) is 5.91 Å². The lowest BCUT2D eigenvalue weighted by molar-refractivity contribution is -0.143. The van der Waals surface area contributed by atoms with Gasteiger partial charge in [0.25, 0.3) is 0 Å². The molecule has 3 N–H and O–H groups in total. The van der Waals surface area contributed by atoms with Crippen molar-refractivity contribution < 1.29 is 14.7 Å². The Hall–Kier alpha value is -1.10. The van der Waals surface area contributed by atoms with Crippen LogP contribution in [0.25, 0.3) is 0 Å². The van der Waals surface area contributed by atoms with Crippen LogP contribution in [-0.4, -0.2) is 35.1 Å². The normalized spacial score (nSPS) is 13.5. The number of aliphatic carboxylic acids is 1. The molecule has 0 aromatic rings. The van der Waals surface area contributed by atoms with Gasteiger partial charge < -0.3 is 15.7 Å². The fourth-order valence-electron chi connectivity index (χ4n) is 1.31. The number of nitrogens with one attached hydrogen (secondary N) is 2. The van der Waals surface area contributed by atoms with Gasteiger partial charge in [-0.05, 0) is 26.7 Å². The summed E-state index contributed by atoms with van der Waals surface area (Å²) >= 11 is 0. The van der Waals surface area contributed by atoms with Crippen LogP contribution in [0.3, 0.4) is 0 Å². The smallest absolute Gasteiger partial charge is 0.326 e. The van der Waals surface area contributed by atoms with Crippen molar-refractivity contribution >= 4 is 11.9 Å². The molecule has 5 heteroatoms. The molecule has 0 spiro atoms. The van der Waals surface area contributed by atoms with Crippen LogP contribution in [0, 0.1) is 5.92 Å². The molecule has 0 saturated heterocycles. The van der Waals surface area contributed by atoms with Crippen molar-refractivity contribution in [3.05, 3.63) is 0 Å². The molecule has 100 valence electrons. The standard InChI is InChI=1S/C12H24N2O3/c1-8(2)10(11(16)17)14-9(15)6-7-13-12(3,4)5/h8,10,13H,6-7H2,1-5H3,(H,14,15)(H,16,17). The number of hydrogen-bond acceptors (Lipinski definition) is 3. The van der Waals surface area contributed by atoms with Gasteiger partial charge in [-0.2, -0.15) is 0 Å². The Kier molecular flexibility index (Phi) is 6.16. The summed E-state index contributed by atoms with van der Waals surface area (Å²) in [5.74, 6) is -1.34. The molecule has 1 amide bonds. The summed E-state index contributed by atoms with van der Waals surface area (Å²) in [6.45, 7) is 10.1. The summed E-state index contributed by atoms with van der Waals surface area (Å²) in [6.07, 6.45) is 0.285. The topological polar surface area (TPSA) is 78.4 Å². The van der Waals surface area contributed by atoms with Gasteiger partial charge in [0.15, 0.2) is 0 Å². The molecule has 0 aromatic carbocycles. The van der Waals surface area contributed by atoms with Crippen LogP contribution in [0.2, 0.25) is 0 Å². The van der Waals surface area contributed by atoms with Crippen LogP contribution in [-0.2, 0) is 9.59 Å². The molecule has 0 saturated carbocycles. The summed E-state index contributed by atoms with van der Waals surface area (Å²) in [7, 11) is 0. The zero-order valence-electron chi connectivity index (χ0n) is 11.3. The highest BCUT2D eigenvalue weighted by Crippen LogP contribution is 2.02. The van der Waals surface area contributed by atoms with Crippen LogP contribution in [0.1, 0.15) is 41.0 Å². The maximum atomic E-state index is 11.5.